The van der Waals surface area contributed by atoms with E-state index in [0.717, 1.165) is 32.2 Å². The van der Waals surface area contributed by atoms with E-state index >= 15 is 0 Å². The number of nitroso groups, excluding NO2 is 1. The van der Waals surface area contributed by atoms with Gasteiger partial charge in [0.1, 0.15) is 0 Å². The monoisotopic (exact) mass is 284 g/mol. The molecule has 1 unspecified atom stereocenters. The average molecular weight is 284 g/mol. The van der Waals surface area contributed by atoms with Gasteiger partial charge in [-0.3, -0.25) is 4.90 Å². The molecule has 1 aliphatic rings. The van der Waals surface area contributed by atoms with Crippen LogP contribution in [0.4, 0.5) is 0 Å². The summed E-state index contributed by atoms with van der Waals surface area (Å²) in [5.41, 5.74) is 0. The Labute approximate surface area is 124 Å². The van der Waals surface area contributed by atoms with Gasteiger partial charge in [0.25, 0.3) is 0 Å². The Morgan fingerprint density at radius 1 is 1.25 bits per heavy atom. The van der Waals surface area contributed by atoms with Gasteiger partial charge in [0, 0.05) is 19.1 Å². The molecular weight excluding hydrogens is 252 g/mol. The molecule has 0 saturated carbocycles. The van der Waals surface area contributed by atoms with Gasteiger partial charge < -0.3 is 4.74 Å². The van der Waals surface area contributed by atoms with E-state index in [0.29, 0.717) is 12.6 Å². The highest BCUT2D eigenvalue weighted by atomic mass is 16.5. The van der Waals surface area contributed by atoms with Gasteiger partial charge >= 0.3 is 0 Å². The van der Waals surface area contributed by atoms with Crippen LogP contribution in [0.25, 0.3) is 0 Å². The maximum Gasteiger partial charge on any atom is 0.0938 e. The van der Waals surface area contributed by atoms with Crippen LogP contribution >= 0.6 is 0 Å². The zero-order valence-corrected chi connectivity index (χ0v) is 13.4. The van der Waals surface area contributed by atoms with Crippen LogP contribution in [0.1, 0.15) is 58.8 Å². The molecule has 0 spiro atoms. The molecule has 118 valence electrons. The van der Waals surface area contributed by atoms with Crippen molar-refractivity contribution in [2.75, 3.05) is 32.8 Å². The van der Waals surface area contributed by atoms with Gasteiger partial charge in [0.15, 0.2) is 0 Å². The highest BCUT2D eigenvalue weighted by molar-refractivity contribution is 4.76. The Morgan fingerprint density at radius 2 is 2.00 bits per heavy atom. The first-order valence-electron chi connectivity index (χ1n) is 8.42. The van der Waals surface area contributed by atoms with Crippen molar-refractivity contribution in [2.45, 2.75) is 64.8 Å². The molecule has 20 heavy (non-hydrogen) atoms. The Bertz CT molecular complexity index is 243. The lowest BCUT2D eigenvalue weighted by atomic mass is 9.91. The first kappa shape index (κ1) is 17.6. The summed E-state index contributed by atoms with van der Waals surface area (Å²) in [5, 5.41) is 2.99. The second-order valence-corrected chi connectivity index (χ2v) is 5.99. The van der Waals surface area contributed by atoms with Crippen LogP contribution in [0.3, 0.4) is 0 Å². The molecule has 0 aromatic rings. The number of rotatable bonds is 11. The van der Waals surface area contributed by atoms with Crippen LogP contribution < -0.4 is 0 Å². The summed E-state index contributed by atoms with van der Waals surface area (Å²) in [5.74, 6) is 0.902. The van der Waals surface area contributed by atoms with E-state index in [4.69, 9.17) is 4.74 Å². The van der Waals surface area contributed by atoms with E-state index in [-0.39, 0.29) is 0 Å². The quantitative estimate of drug-likeness (QED) is 0.541. The summed E-state index contributed by atoms with van der Waals surface area (Å²) in [6, 6.07) is 0.495. The second kappa shape index (κ2) is 11.2. The molecule has 0 aliphatic carbocycles. The molecule has 0 radical (unpaired) electrons. The van der Waals surface area contributed by atoms with Crippen LogP contribution in [0.15, 0.2) is 5.18 Å². The Morgan fingerprint density at radius 3 is 2.65 bits per heavy atom. The second-order valence-electron chi connectivity index (χ2n) is 5.99. The number of nitrogens with zero attached hydrogens (tertiary/aromatic N) is 2. The summed E-state index contributed by atoms with van der Waals surface area (Å²) in [4.78, 5) is 12.7. The lowest BCUT2D eigenvalue weighted by Crippen LogP contribution is -2.46. The summed E-state index contributed by atoms with van der Waals surface area (Å²) >= 11 is 0. The van der Waals surface area contributed by atoms with Crippen molar-refractivity contribution in [1.29, 1.82) is 0 Å². The van der Waals surface area contributed by atoms with Gasteiger partial charge in [-0.05, 0) is 12.3 Å². The van der Waals surface area contributed by atoms with E-state index < -0.39 is 0 Å². The average Bonchev–Trinajstić information content (AvgIpc) is 2.46. The molecule has 1 heterocycles. The molecule has 4 nitrogen and oxygen atoms in total. The van der Waals surface area contributed by atoms with Crippen molar-refractivity contribution in [2.24, 2.45) is 11.1 Å². The van der Waals surface area contributed by atoms with Crippen molar-refractivity contribution in [3.05, 3.63) is 4.91 Å². The summed E-state index contributed by atoms with van der Waals surface area (Å²) in [6.07, 6.45) is 9.16. The summed E-state index contributed by atoms with van der Waals surface area (Å²) in [7, 11) is 0. The Hall–Kier alpha value is -0.480. The first-order chi connectivity index (χ1) is 9.81. The van der Waals surface area contributed by atoms with Crippen LogP contribution in [0.2, 0.25) is 0 Å². The zero-order chi connectivity index (χ0) is 14.6. The Kier molecular flexibility index (Phi) is 9.85. The number of ether oxygens (including phenoxy) is 1. The van der Waals surface area contributed by atoms with Gasteiger partial charge in [0.2, 0.25) is 0 Å². The van der Waals surface area contributed by atoms with Gasteiger partial charge in [-0.1, -0.05) is 57.5 Å². The molecule has 1 aliphatic heterocycles. The lowest BCUT2D eigenvalue weighted by molar-refractivity contribution is -0.00988. The van der Waals surface area contributed by atoms with Gasteiger partial charge in [0.05, 0.1) is 19.8 Å². The highest BCUT2D eigenvalue weighted by Gasteiger charge is 2.22. The molecule has 1 saturated heterocycles. The number of hydrogen-bond acceptors (Lipinski definition) is 4. The van der Waals surface area contributed by atoms with Crippen LogP contribution in [0, 0.1) is 10.8 Å². The van der Waals surface area contributed by atoms with Gasteiger partial charge in [-0.25, -0.2) is 0 Å². The molecule has 0 aromatic carbocycles. The van der Waals surface area contributed by atoms with Gasteiger partial charge in [-0.2, -0.15) is 4.91 Å². The van der Waals surface area contributed by atoms with Crippen molar-refractivity contribution in [3.8, 4) is 0 Å². The summed E-state index contributed by atoms with van der Waals surface area (Å²) < 4.78 is 5.59. The largest absolute Gasteiger partial charge is 0.378 e. The molecule has 1 fully saturated rings. The van der Waals surface area contributed by atoms with Crippen LogP contribution in [-0.4, -0.2) is 43.8 Å². The third kappa shape index (κ3) is 6.80. The molecule has 1 rings (SSSR count). The third-order valence-electron chi connectivity index (χ3n) is 4.37. The van der Waals surface area contributed by atoms with Crippen LogP contribution in [-0.2, 0) is 4.74 Å². The van der Waals surface area contributed by atoms with E-state index in [1.165, 1.54) is 44.9 Å². The fourth-order valence-electron chi connectivity index (χ4n) is 3.31. The van der Waals surface area contributed by atoms with Crippen molar-refractivity contribution in [1.82, 2.24) is 4.90 Å². The summed E-state index contributed by atoms with van der Waals surface area (Å²) in [6.45, 7) is 8.34. The Balaban J connectivity index is 2.27. The smallest absolute Gasteiger partial charge is 0.0938 e. The molecule has 1 atom stereocenters. The minimum absolute atomic E-state index is 0.408. The fourth-order valence-corrected chi connectivity index (χ4v) is 3.31. The molecule has 0 aromatic heterocycles. The van der Waals surface area contributed by atoms with E-state index in [1.54, 1.807) is 0 Å². The lowest BCUT2D eigenvalue weighted by Gasteiger charge is -2.35. The predicted octanol–water partition coefficient (Wildman–Crippen LogP) is 3.84. The minimum atomic E-state index is 0.408. The van der Waals surface area contributed by atoms with E-state index in [1.807, 2.05) is 0 Å². The molecule has 0 bridgehead atoms. The van der Waals surface area contributed by atoms with Gasteiger partial charge in [-0.15, -0.1) is 0 Å². The predicted molar refractivity (Wildman–Crippen MR) is 84.0 cm³/mol. The van der Waals surface area contributed by atoms with E-state index in [2.05, 4.69) is 23.9 Å². The standard InChI is InChI=1S/C16H32N2O2/c1-3-6-15(7-4-2)8-5-9-16-14-20-13-12-18(16)11-10-17-19/h15-16H,3-14H2,1-2H3. The number of morpholine rings is 1. The van der Waals surface area contributed by atoms with E-state index in [9.17, 15) is 4.91 Å². The minimum Gasteiger partial charge on any atom is -0.378 e. The maximum atomic E-state index is 10.3. The number of hydrogen-bond donors (Lipinski definition) is 0. The first-order valence-corrected chi connectivity index (χ1v) is 8.42. The molecule has 0 N–H and O–H groups in total. The van der Waals surface area contributed by atoms with Crippen molar-refractivity contribution in [3.63, 3.8) is 0 Å². The topological polar surface area (TPSA) is 41.9 Å². The van der Waals surface area contributed by atoms with Crippen LogP contribution in [0.5, 0.6) is 0 Å². The van der Waals surface area contributed by atoms with Crippen molar-refractivity contribution < 1.29 is 4.74 Å². The fraction of sp³-hybridized carbons (Fsp3) is 1.00. The maximum absolute atomic E-state index is 10.3. The normalized spacial score (nSPS) is 20.4. The zero-order valence-electron chi connectivity index (χ0n) is 13.4. The molecular formula is C16H32N2O2. The highest BCUT2D eigenvalue weighted by Crippen LogP contribution is 2.22. The van der Waals surface area contributed by atoms with Crippen molar-refractivity contribution >= 4 is 0 Å². The molecule has 4 heteroatoms. The third-order valence-corrected chi connectivity index (χ3v) is 4.37. The SMILES string of the molecule is CCCC(CCC)CCCC1COCCN1CCN=O. The molecule has 0 amide bonds.